The number of hydrogen-bond acceptors (Lipinski definition) is 3. The number of carbonyl (C=O) groups excluding carboxylic acids is 2. The van der Waals surface area contributed by atoms with Gasteiger partial charge in [0.1, 0.15) is 0 Å². The third-order valence-corrected chi connectivity index (χ3v) is 3.99. The van der Waals surface area contributed by atoms with Crippen LogP contribution in [0.25, 0.3) is 6.08 Å². The number of likely N-dealkylation sites (N-methyl/N-ethyl adjacent to an activating group) is 1. The summed E-state index contributed by atoms with van der Waals surface area (Å²) in [5, 5.41) is 2.73. The maximum absolute atomic E-state index is 12.7. The highest BCUT2D eigenvalue weighted by atomic mass is 16.2. The molecule has 0 aliphatic heterocycles. The predicted molar refractivity (Wildman–Crippen MR) is 110 cm³/mol. The summed E-state index contributed by atoms with van der Waals surface area (Å²) in [6, 6.07) is 17.4. The van der Waals surface area contributed by atoms with Gasteiger partial charge in [0, 0.05) is 38.3 Å². The van der Waals surface area contributed by atoms with E-state index >= 15 is 0 Å². The Morgan fingerprint density at radius 1 is 0.963 bits per heavy atom. The maximum atomic E-state index is 12.7. The van der Waals surface area contributed by atoms with Gasteiger partial charge in [-0.15, -0.1) is 0 Å². The first kappa shape index (κ1) is 20.4. The van der Waals surface area contributed by atoms with Crippen molar-refractivity contribution >= 4 is 23.6 Å². The van der Waals surface area contributed by atoms with Gasteiger partial charge in [-0.05, 0) is 43.4 Å². The van der Waals surface area contributed by atoms with Crippen LogP contribution < -0.4 is 5.32 Å². The normalized spacial score (nSPS) is 11.0. The lowest BCUT2D eigenvalue weighted by molar-refractivity contribution is -0.126. The van der Waals surface area contributed by atoms with E-state index in [0.717, 1.165) is 23.4 Å². The minimum atomic E-state index is -0.106. The average Bonchev–Trinajstić information content (AvgIpc) is 2.64. The number of benzene rings is 2. The Hall–Kier alpha value is -2.92. The monoisotopic (exact) mass is 365 g/mol. The molecule has 0 bridgehead atoms. The van der Waals surface area contributed by atoms with E-state index in [2.05, 4.69) is 10.2 Å². The minimum absolute atomic E-state index is 0.0216. The van der Waals surface area contributed by atoms with Gasteiger partial charge in [0.15, 0.2) is 0 Å². The van der Waals surface area contributed by atoms with Crippen LogP contribution in [0.3, 0.4) is 0 Å². The molecule has 5 heteroatoms. The van der Waals surface area contributed by atoms with E-state index in [1.165, 1.54) is 6.92 Å². The molecule has 142 valence electrons. The van der Waals surface area contributed by atoms with Crippen LogP contribution in [0.15, 0.2) is 60.7 Å². The Labute approximate surface area is 161 Å². The first-order valence-corrected chi connectivity index (χ1v) is 8.97. The zero-order chi connectivity index (χ0) is 19.6. The van der Waals surface area contributed by atoms with Gasteiger partial charge in [0.25, 0.3) is 0 Å². The highest BCUT2D eigenvalue weighted by Gasteiger charge is 2.11. The molecule has 0 spiro atoms. The van der Waals surface area contributed by atoms with Crippen molar-refractivity contribution in [3.63, 3.8) is 0 Å². The number of hydrogen-bond donors (Lipinski definition) is 1. The lowest BCUT2D eigenvalue weighted by Gasteiger charge is -2.23. The van der Waals surface area contributed by atoms with Crippen LogP contribution >= 0.6 is 0 Å². The van der Waals surface area contributed by atoms with Crippen molar-refractivity contribution in [1.82, 2.24) is 9.80 Å². The maximum Gasteiger partial charge on any atom is 0.246 e. The first-order valence-electron chi connectivity index (χ1n) is 8.97. The summed E-state index contributed by atoms with van der Waals surface area (Å²) in [6.07, 6.45) is 3.40. The van der Waals surface area contributed by atoms with E-state index in [0.29, 0.717) is 13.1 Å². The Morgan fingerprint density at radius 2 is 1.63 bits per heavy atom. The van der Waals surface area contributed by atoms with Crippen molar-refractivity contribution in [3.8, 4) is 0 Å². The van der Waals surface area contributed by atoms with E-state index in [1.54, 1.807) is 12.2 Å². The Kier molecular flexibility index (Phi) is 7.77. The molecule has 1 N–H and O–H groups in total. The van der Waals surface area contributed by atoms with Crippen LogP contribution in [0, 0.1) is 0 Å². The molecule has 0 atom stereocenters. The summed E-state index contributed by atoms with van der Waals surface area (Å²) >= 11 is 0. The van der Waals surface area contributed by atoms with Gasteiger partial charge >= 0.3 is 0 Å². The smallest absolute Gasteiger partial charge is 0.246 e. The Bertz CT molecular complexity index is 768. The molecule has 0 heterocycles. The summed E-state index contributed by atoms with van der Waals surface area (Å²) in [6.45, 7) is 3.52. The molecule has 0 aliphatic rings. The van der Waals surface area contributed by atoms with Gasteiger partial charge in [-0.3, -0.25) is 9.59 Å². The van der Waals surface area contributed by atoms with Gasteiger partial charge < -0.3 is 15.1 Å². The summed E-state index contributed by atoms with van der Waals surface area (Å²) in [5.41, 5.74) is 2.75. The Morgan fingerprint density at radius 3 is 2.22 bits per heavy atom. The van der Waals surface area contributed by atoms with Gasteiger partial charge in [-0.25, -0.2) is 0 Å². The lowest BCUT2D eigenvalue weighted by Crippen LogP contribution is -2.35. The molecule has 0 aromatic heterocycles. The average molecular weight is 365 g/mol. The highest BCUT2D eigenvalue weighted by Crippen LogP contribution is 2.12. The molecular weight excluding hydrogens is 338 g/mol. The number of amides is 2. The topological polar surface area (TPSA) is 52.7 Å². The van der Waals surface area contributed by atoms with Crippen LogP contribution in [0.1, 0.15) is 18.1 Å². The number of nitrogens with one attached hydrogen (secondary N) is 1. The summed E-state index contributed by atoms with van der Waals surface area (Å²) < 4.78 is 0. The molecule has 0 aliphatic carbocycles. The van der Waals surface area contributed by atoms with Crippen LogP contribution in [0.5, 0.6) is 0 Å². The summed E-state index contributed by atoms with van der Waals surface area (Å²) in [7, 11) is 4.00. The van der Waals surface area contributed by atoms with Gasteiger partial charge in [-0.1, -0.05) is 42.5 Å². The molecule has 0 radical (unpaired) electrons. The molecule has 0 unspecified atom stereocenters. The van der Waals surface area contributed by atoms with Crippen LogP contribution in [-0.4, -0.2) is 48.8 Å². The fourth-order valence-electron chi connectivity index (χ4n) is 2.55. The van der Waals surface area contributed by atoms with Crippen LogP contribution in [0.2, 0.25) is 0 Å². The van der Waals surface area contributed by atoms with Crippen molar-refractivity contribution in [2.75, 3.05) is 32.5 Å². The molecule has 2 amide bonds. The number of carbonyl (C=O) groups is 2. The standard InChI is InChI=1S/C22H27N3O2/c1-18(26)23-21-12-9-19(10-13-21)11-14-22(27)25(16-15-24(2)3)17-20-7-5-4-6-8-20/h4-14H,15-17H2,1-3H3,(H,23,26)/b14-11+. The fourth-order valence-corrected chi connectivity index (χ4v) is 2.55. The second-order valence-electron chi connectivity index (χ2n) is 6.69. The van der Waals surface area contributed by atoms with E-state index in [4.69, 9.17) is 0 Å². The third-order valence-electron chi connectivity index (χ3n) is 3.99. The number of nitrogens with zero attached hydrogens (tertiary/aromatic N) is 2. The Balaban J connectivity index is 2.04. The van der Waals surface area contributed by atoms with Crippen molar-refractivity contribution in [1.29, 1.82) is 0 Å². The minimum Gasteiger partial charge on any atom is -0.334 e. The van der Waals surface area contributed by atoms with E-state index < -0.39 is 0 Å². The van der Waals surface area contributed by atoms with E-state index in [-0.39, 0.29) is 11.8 Å². The van der Waals surface area contributed by atoms with Crippen LogP contribution in [0.4, 0.5) is 5.69 Å². The van der Waals surface area contributed by atoms with Crippen molar-refractivity contribution in [2.24, 2.45) is 0 Å². The molecule has 2 aromatic carbocycles. The third kappa shape index (κ3) is 7.46. The second-order valence-corrected chi connectivity index (χ2v) is 6.69. The SMILES string of the molecule is CC(=O)Nc1ccc(/C=C/C(=O)N(CCN(C)C)Cc2ccccc2)cc1. The zero-order valence-corrected chi connectivity index (χ0v) is 16.2. The quantitative estimate of drug-likeness (QED) is 0.731. The summed E-state index contributed by atoms with van der Waals surface area (Å²) in [5.74, 6) is -0.127. The summed E-state index contributed by atoms with van der Waals surface area (Å²) in [4.78, 5) is 27.7. The number of anilines is 1. The van der Waals surface area contributed by atoms with E-state index in [1.807, 2.05) is 73.6 Å². The first-order chi connectivity index (χ1) is 12.9. The molecule has 2 aromatic rings. The molecule has 27 heavy (non-hydrogen) atoms. The highest BCUT2D eigenvalue weighted by molar-refractivity contribution is 5.92. The second kappa shape index (κ2) is 10.3. The molecule has 0 saturated heterocycles. The van der Waals surface area contributed by atoms with Gasteiger partial charge in [0.2, 0.25) is 11.8 Å². The molecule has 2 rings (SSSR count). The van der Waals surface area contributed by atoms with Crippen molar-refractivity contribution in [3.05, 3.63) is 71.8 Å². The van der Waals surface area contributed by atoms with E-state index in [9.17, 15) is 9.59 Å². The van der Waals surface area contributed by atoms with Crippen molar-refractivity contribution in [2.45, 2.75) is 13.5 Å². The predicted octanol–water partition coefficient (Wildman–Crippen LogP) is 3.25. The fraction of sp³-hybridized carbons (Fsp3) is 0.273. The lowest BCUT2D eigenvalue weighted by atomic mass is 10.1. The molecule has 0 saturated carbocycles. The number of rotatable bonds is 8. The molecular formula is C22H27N3O2. The van der Waals surface area contributed by atoms with Crippen LogP contribution in [-0.2, 0) is 16.1 Å². The zero-order valence-electron chi connectivity index (χ0n) is 16.2. The largest absolute Gasteiger partial charge is 0.334 e. The van der Waals surface area contributed by atoms with Crippen molar-refractivity contribution < 1.29 is 9.59 Å². The molecule has 0 fully saturated rings. The molecule has 5 nitrogen and oxygen atoms in total. The van der Waals surface area contributed by atoms with Gasteiger partial charge in [0.05, 0.1) is 0 Å². The van der Waals surface area contributed by atoms with Gasteiger partial charge in [-0.2, -0.15) is 0 Å².